The summed E-state index contributed by atoms with van der Waals surface area (Å²) in [5.41, 5.74) is 0. The van der Waals surface area contributed by atoms with Gasteiger partial charge in [-0.15, -0.1) is 24.8 Å². The fraction of sp³-hybridized carbons (Fsp3) is 0.905. The molecule has 17 heteroatoms. The van der Waals surface area contributed by atoms with E-state index < -0.39 is 63.7 Å². The number of hydrogen-bond donors (Lipinski definition) is 3. The van der Waals surface area contributed by atoms with E-state index in [1.54, 1.807) is 14.1 Å². The Bertz CT molecular complexity index is 1060. The maximum absolute atomic E-state index is 12.9. The van der Waals surface area contributed by atoms with Crippen molar-refractivity contribution < 1.29 is 56.6 Å². The van der Waals surface area contributed by atoms with Gasteiger partial charge in [-0.05, 0) is 26.9 Å². The van der Waals surface area contributed by atoms with Crippen LogP contribution in [0.5, 0.6) is 0 Å². The minimum atomic E-state index is -4.80. The Labute approximate surface area is 369 Å². The number of phosphoric acid groups is 1. The summed E-state index contributed by atoms with van der Waals surface area (Å²) in [5, 5.41) is 5.64. The van der Waals surface area contributed by atoms with Gasteiger partial charge in [-0.25, -0.2) is 4.57 Å². The molecule has 0 fully saturated rings. The van der Waals surface area contributed by atoms with Crippen molar-refractivity contribution in [2.45, 2.75) is 193 Å². The number of carbonyl (C=O) groups is 4. The average Bonchev–Trinajstić information content (AvgIpc) is 3.19. The molecule has 0 rings (SSSR count). The summed E-state index contributed by atoms with van der Waals surface area (Å²) in [7, 11) is -1.45. The number of rotatable bonds is 42. The van der Waals surface area contributed by atoms with Crippen LogP contribution < -0.4 is 10.6 Å². The predicted molar refractivity (Wildman–Crippen MR) is 237 cm³/mol. The number of nitrogens with one attached hydrogen (secondary N) is 2. The first-order chi connectivity index (χ1) is 27.6. The minimum absolute atomic E-state index is 0. The lowest BCUT2D eigenvalue weighted by Crippen LogP contribution is -2.31. The van der Waals surface area contributed by atoms with Crippen molar-refractivity contribution in [1.82, 2.24) is 10.6 Å². The summed E-state index contributed by atoms with van der Waals surface area (Å²) in [6, 6.07) is 0. The molecule has 352 valence electrons. The van der Waals surface area contributed by atoms with Crippen LogP contribution in [-0.2, 0) is 51.7 Å². The molecule has 0 amide bonds. The van der Waals surface area contributed by atoms with Crippen molar-refractivity contribution in [3.8, 4) is 0 Å². The highest BCUT2D eigenvalue weighted by atomic mass is 35.5. The maximum atomic E-state index is 12.9. The Balaban J connectivity index is -0.0000157. The third kappa shape index (κ3) is 43.0. The van der Waals surface area contributed by atoms with Gasteiger partial charge in [0, 0.05) is 25.9 Å². The van der Waals surface area contributed by atoms with Crippen LogP contribution in [0.3, 0.4) is 0 Å². The number of hydrogen-bond acceptors (Lipinski definition) is 13. The van der Waals surface area contributed by atoms with E-state index in [4.69, 9.17) is 28.0 Å². The zero-order chi connectivity index (χ0) is 42.2. The predicted octanol–water partition coefficient (Wildman–Crippen LogP) is 9.49. The quantitative estimate of drug-likeness (QED) is 0.0228. The molecule has 0 heterocycles. The fourth-order valence-corrected chi connectivity index (χ4v) is 6.74. The molecule has 0 saturated heterocycles. The van der Waals surface area contributed by atoms with Crippen molar-refractivity contribution in [2.24, 2.45) is 0 Å². The van der Waals surface area contributed by atoms with Gasteiger partial charge in [0.15, 0.2) is 12.2 Å². The summed E-state index contributed by atoms with van der Waals surface area (Å²) in [6.45, 7) is 3.19. The molecule has 0 spiro atoms. The lowest BCUT2D eigenvalue weighted by atomic mass is 10.1. The van der Waals surface area contributed by atoms with E-state index in [1.807, 2.05) is 0 Å². The smallest absolute Gasteiger partial charge is 0.462 e. The lowest BCUT2D eigenvalue weighted by Gasteiger charge is -2.22. The summed E-state index contributed by atoms with van der Waals surface area (Å²) in [5.74, 6) is -2.16. The molecule has 0 aromatic rings. The van der Waals surface area contributed by atoms with E-state index >= 15 is 0 Å². The van der Waals surface area contributed by atoms with E-state index in [0.29, 0.717) is 25.9 Å². The fourth-order valence-electron chi connectivity index (χ4n) is 5.95. The molecule has 0 aliphatic rings. The topological polar surface area (TPSA) is 185 Å². The largest absolute Gasteiger partial charge is 0.472 e. The van der Waals surface area contributed by atoms with Crippen LogP contribution in [-0.4, -0.2) is 94.6 Å². The van der Waals surface area contributed by atoms with Crippen LogP contribution in [0.4, 0.5) is 0 Å². The van der Waals surface area contributed by atoms with Gasteiger partial charge in [0.25, 0.3) is 0 Å². The van der Waals surface area contributed by atoms with Gasteiger partial charge in [-0.1, -0.05) is 142 Å². The van der Waals surface area contributed by atoms with E-state index in [1.165, 1.54) is 89.9 Å². The van der Waals surface area contributed by atoms with E-state index in [0.717, 1.165) is 38.5 Å². The van der Waals surface area contributed by atoms with Crippen molar-refractivity contribution in [2.75, 3.05) is 53.6 Å². The van der Waals surface area contributed by atoms with E-state index in [-0.39, 0.29) is 57.1 Å². The maximum Gasteiger partial charge on any atom is 0.472 e. The summed E-state index contributed by atoms with van der Waals surface area (Å²) >= 11 is 0. The normalized spacial score (nSPS) is 13.0. The Morgan fingerprint density at radius 1 is 0.458 bits per heavy atom. The number of unbranched alkanes of at least 4 members (excludes halogenated alkanes) is 20. The Kier molecular flexibility index (Phi) is 46.6. The van der Waals surface area contributed by atoms with Crippen LogP contribution in [0.2, 0.25) is 0 Å². The van der Waals surface area contributed by atoms with Crippen LogP contribution in [0.25, 0.3) is 0 Å². The molecule has 0 aromatic heterocycles. The third-order valence-electron chi connectivity index (χ3n) is 9.43. The lowest BCUT2D eigenvalue weighted by molar-refractivity contribution is -0.162. The summed E-state index contributed by atoms with van der Waals surface area (Å²) < 4.78 is 44.6. The van der Waals surface area contributed by atoms with Gasteiger partial charge in [0.05, 0.1) is 26.1 Å². The van der Waals surface area contributed by atoms with E-state index in [2.05, 4.69) is 24.5 Å². The molecule has 3 N–H and O–H groups in total. The van der Waals surface area contributed by atoms with Crippen molar-refractivity contribution >= 4 is 56.5 Å². The number of carbonyl (C=O) groups excluding carboxylic acids is 4. The molecule has 3 unspecified atom stereocenters. The second-order valence-electron chi connectivity index (χ2n) is 14.9. The highest BCUT2D eigenvalue weighted by molar-refractivity contribution is 7.47. The second-order valence-corrected chi connectivity index (χ2v) is 16.4. The Morgan fingerprint density at radius 2 is 0.746 bits per heavy atom. The van der Waals surface area contributed by atoms with Crippen molar-refractivity contribution in [3.63, 3.8) is 0 Å². The van der Waals surface area contributed by atoms with Crippen LogP contribution in [0.15, 0.2) is 0 Å². The molecule has 0 aliphatic heterocycles. The van der Waals surface area contributed by atoms with Crippen LogP contribution >= 0.6 is 32.6 Å². The molecule has 0 radical (unpaired) electrons. The van der Waals surface area contributed by atoms with E-state index in [9.17, 15) is 28.6 Å². The third-order valence-corrected chi connectivity index (χ3v) is 10.4. The van der Waals surface area contributed by atoms with Gasteiger partial charge in [0.1, 0.15) is 13.2 Å². The summed E-state index contributed by atoms with van der Waals surface area (Å²) in [6.07, 6.45) is 23.3. The second kappa shape index (κ2) is 44.5. The number of ether oxygens (including phenoxy) is 4. The molecule has 59 heavy (non-hydrogen) atoms. The van der Waals surface area contributed by atoms with Crippen LogP contribution in [0, 0.1) is 0 Å². The first-order valence-corrected chi connectivity index (χ1v) is 23.7. The Morgan fingerprint density at radius 3 is 1.10 bits per heavy atom. The first kappa shape index (κ1) is 61.8. The molecule has 0 bridgehead atoms. The van der Waals surface area contributed by atoms with Gasteiger partial charge in [-0.3, -0.25) is 28.2 Å². The summed E-state index contributed by atoms with van der Waals surface area (Å²) in [4.78, 5) is 60.1. The van der Waals surface area contributed by atoms with Gasteiger partial charge in [-0.2, -0.15) is 0 Å². The molecular weight excluding hydrogens is 826 g/mol. The number of esters is 4. The molecule has 0 aromatic carbocycles. The molecule has 0 aliphatic carbocycles. The van der Waals surface area contributed by atoms with Crippen molar-refractivity contribution in [1.29, 1.82) is 0 Å². The average molecular weight is 910 g/mol. The first-order valence-electron chi connectivity index (χ1n) is 22.2. The van der Waals surface area contributed by atoms with Gasteiger partial charge in [0.2, 0.25) is 0 Å². The molecule has 14 nitrogen and oxygen atoms in total. The monoisotopic (exact) mass is 909 g/mol. The Hall–Kier alpha value is -1.51. The van der Waals surface area contributed by atoms with Crippen LogP contribution in [0.1, 0.15) is 181 Å². The van der Waals surface area contributed by atoms with Gasteiger partial charge >= 0.3 is 31.7 Å². The van der Waals surface area contributed by atoms with Crippen molar-refractivity contribution in [3.05, 3.63) is 0 Å². The molecule has 3 atom stereocenters. The zero-order valence-corrected chi connectivity index (χ0v) is 39.5. The number of phosphoric ester groups is 1. The van der Waals surface area contributed by atoms with Gasteiger partial charge < -0.3 is 34.5 Å². The highest BCUT2D eigenvalue weighted by Gasteiger charge is 2.29. The SMILES string of the molecule is CCCCCCCCCCCCCC(=O)OCC(COP(=O)(O)OCC(COC(=O)CCNC)OC(=O)CCNC)OC(=O)CCCCCCCCCCCCC.Cl.Cl. The minimum Gasteiger partial charge on any atom is -0.462 e. The molecular formula is C42H83Cl2N2O12P. The number of halogens is 2. The molecule has 0 saturated carbocycles. The highest BCUT2D eigenvalue weighted by Crippen LogP contribution is 2.43. The standard InChI is InChI=1S/C42H81N2O12P.2ClH/c1-5-7-9-11-13-15-17-19-21-23-25-27-39(45)51-33-37(55-41(47)28-26-24-22-20-18-16-14-12-10-8-6-2)35-53-57(49,50)54-36-38(56-42(48)30-32-44-4)34-52-40(46)29-31-43-3;;/h37-38,43-44H,5-36H2,1-4H3,(H,49,50);2*1H. The zero-order valence-electron chi connectivity index (χ0n) is 37.0.